The first kappa shape index (κ1) is 10.0. The van der Waals surface area contributed by atoms with Gasteiger partial charge in [0, 0.05) is 0 Å². The Bertz CT molecular complexity index is 383. The van der Waals surface area contributed by atoms with Crippen LogP contribution in [0.25, 0.3) is 0 Å². The van der Waals surface area contributed by atoms with Crippen molar-refractivity contribution in [3.05, 3.63) is 29.8 Å². The van der Waals surface area contributed by atoms with Gasteiger partial charge >= 0.3 is 10.4 Å². The molecule has 0 aliphatic heterocycles. The van der Waals surface area contributed by atoms with Crippen LogP contribution in [0.4, 0.5) is 0 Å². The summed E-state index contributed by atoms with van der Waals surface area (Å²) in [7, 11) is -2.85. The van der Waals surface area contributed by atoms with Gasteiger partial charge < -0.3 is 4.18 Å². The van der Waals surface area contributed by atoms with Crippen molar-refractivity contribution in [3.63, 3.8) is 0 Å². The van der Waals surface area contributed by atoms with Gasteiger partial charge in [-0.05, 0) is 18.6 Å². The van der Waals surface area contributed by atoms with Crippen molar-refractivity contribution in [1.29, 1.82) is 0 Å². The van der Waals surface area contributed by atoms with Crippen molar-refractivity contribution in [3.8, 4) is 5.75 Å². The van der Waals surface area contributed by atoms with Crippen LogP contribution in [0.5, 0.6) is 5.75 Å². The van der Waals surface area contributed by atoms with Crippen LogP contribution < -0.4 is 4.18 Å². The first-order valence-electron chi connectivity index (χ1n) is 3.61. The first-order valence-corrected chi connectivity index (χ1v) is 4.94. The van der Waals surface area contributed by atoms with E-state index in [-0.39, 0.29) is 5.75 Å². The summed E-state index contributed by atoms with van der Waals surface area (Å²) in [4.78, 5) is 0. The lowest BCUT2D eigenvalue weighted by Gasteiger charge is -2.05. The lowest BCUT2D eigenvalue weighted by atomic mass is 10.2. The van der Waals surface area contributed by atoms with Crippen LogP contribution in [0.2, 0.25) is 0 Å². The fraction of sp³-hybridized carbons (Fsp3) is 0.250. The summed E-state index contributed by atoms with van der Waals surface area (Å²) in [6.45, 7) is 1.75. The van der Waals surface area contributed by atoms with Gasteiger partial charge in [-0.25, -0.2) is 4.18 Å². The lowest BCUT2D eigenvalue weighted by Crippen LogP contribution is -2.11. The van der Waals surface area contributed by atoms with Crippen LogP contribution in [-0.4, -0.2) is 15.5 Å². The third-order valence-electron chi connectivity index (χ3n) is 1.49. The van der Waals surface area contributed by atoms with E-state index in [2.05, 4.69) is 8.37 Å². The molecule has 0 fully saturated rings. The molecule has 5 heteroatoms. The van der Waals surface area contributed by atoms with E-state index in [0.717, 1.165) is 12.7 Å². The summed E-state index contributed by atoms with van der Waals surface area (Å²) in [6, 6.07) is 6.79. The number of para-hydroxylation sites is 1. The molecule has 0 bridgehead atoms. The lowest BCUT2D eigenvalue weighted by molar-refractivity contribution is 0.329. The quantitative estimate of drug-likeness (QED) is 0.740. The Kier molecular flexibility index (Phi) is 2.90. The molecule has 4 nitrogen and oxygen atoms in total. The number of hydrogen-bond donors (Lipinski definition) is 0. The van der Waals surface area contributed by atoms with Gasteiger partial charge in [-0.15, -0.1) is 0 Å². The second-order valence-corrected chi connectivity index (χ2v) is 3.74. The summed E-state index contributed by atoms with van der Waals surface area (Å²) in [5, 5.41) is 0. The zero-order valence-electron chi connectivity index (χ0n) is 7.35. The van der Waals surface area contributed by atoms with E-state index in [9.17, 15) is 8.42 Å². The molecule has 0 amide bonds. The largest absolute Gasteiger partial charge is 0.448 e. The smallest absolute Gasteiger partial charge is 0.361 e. The molecule has 0 atom stereocenters. The minimum absolute atomic E-state index is 0.282. The highest BCUT2D eigenvalue weighted by atomic mass is 32.3. The molecule has 0 aliphatic carbocycles. The molecular weight excluding hydrogens is 192 g/mol. The molecule has 0 heterocycles. The van der Waals surface area contributed by atoms with Crippen LogP contribution in [0.1, 0.15) is 5.56 Å². The molecule has 0 spiro atoms. The molecule has 0 saturated heterocycles. The summed E-state index contributed by atoms with van der Waals surface area (Å²) >= 11 is 0. The molecule has 0 aromatic heterocycles. The average molecular weight is 202 g/mol. The van der Waals surface area contributed by atoms with Gasteiger partial charge in [0.2, 0.25) is 0 Å². The average Bonchev–Trinajstić information content (AvgIpc) is 2.09. The van der Waals surface area contributed by atoms with Crippen molar-refractivity contribution in [2.24, 2.45) is 0 Å². The van der Waals surface area contributed by atoms with E-state index < -0.39 is 10.4 Å². The number of benzene rings is 1. The number of hydrogen-bond acceptors (Lipinski definition) is 4. The zero-order valence-corrected chi connectivity index (χ0v) is 8.17. The second kappa shape index (κ2) is 3.76. The van der Waals surface area contributed by atoms with Gasteiger partial charge in [0.1, 0.15) is 5.75 Å². The maximum atomic E-state index is 10.9. The molecule has 13 heavy (non-hydrogen) atoms. The minimum Gasteiger partial charge on any atom is -0.361 e. The van der Waals surface area contributed by atoms with Crippen molar-refractivity contribution in [1.82, 2.24) is 0 Å². The zero-order chi connectivity index (χ0) is 9.90. The van der Waals surface area contributed by atoms with Crippen LogP contribution in [0.15, 0.2) is 24.3 Å². The normalized spacial score (nSPS) is 11.2. The predicted molar refractivity (Wildman–Crippen MR) is 47.7 cm³/mol. The third kappa shape index (κ3) is 2.71. The molecule has 0 saturated carbocycles. The van der Waals surface area contributed by atoms with E-state index in [4.69, 9.17) is 0 Å². The highest BCUT2D eigenvalue weighted by molar-refractivity contribution is 7.82. The standard InChI is InChI=1S/C8H10O4S/c1-7-5-3-4-6-8(7)12-13(9,10)11-2/h3-6H,1-2H3. The Morgan fingerprint density at radius 1 is 1.23 bits per heavy atom. The minimum atomic E-state index is -3.90. The van der Waals surface area contributed by atoms with E-state index in [1.54, 1.807) is 31.2 Å². The fourth-order valence-corrected chi connectivity index (χ4v) is 1.27. The van der Waals surface area contributed by atoms with Crippen LogP contribution >= 0.6 is 0 Å². The SMILES string of the molecule is COS(=O)(=O)Oc1ccccc1C. The van der Waals surface area contributed by atoms with Gasteiger partial charge in [-0.2, -0.15) is 8.42 Å². The summed E-state index contributed by atoms with van der Waals surface area (Å²) < 4.78 is 30.5. The molecular formula is C8H10O4S. The number of aryl methyl sites for hydroxylation is 1. The van der Waals surface area contributed by atoms with Crippen molar-refractivity contribution >= 4 is 10.4 Å². The van der Waals surface area contributed by atoms with Crippen molar-refractivity contribution in [2.75, 3.05) is 7.11 Å². The third-order valence-corrected chi connectivity index (χ3v) is 2.28. The molecule has 1 aromatic carbocycles. The molecule has 1 rings (SSSR count). The van der Waals surface area contributed by atoms with Gasteiger partial charge in [0.05, 0.1) is 7.11 Å². The van der Waals surface area contributed by atoms with Gasteiger partial charge in [-0.3, -0.25) is 0 Å². The Labute approximate surface area is 77.4 Å². The maximum Gasteiger partial charge on any atom is 0.448 e. The van der Waals surface area contributed by atoms with E-state index in [1.807, 2.05) is 0 Å². The Balaban J connectivity index is 2.93. The van der Waals surface area contributed by atoms with Gasteiger partial charge in [0.25, 0.3) is 0 Å². The molecule has 1 aromatic rings. The monoisotopic (exact) mass is 202 g/mol. The van der Waals surface area contributed by atoms with E-state index in [0.29, 0.717) is 0 Å². The van der Waals surface area contributed by atoms with Gasteiger partial charge in [-0.1, -0.05) is 18.2 Å². The molecule has 0 radical (unpaired) electrons. The van der Waals surface area contributed by atoms with Crippen LogP contribution in [0, 0.1) is 6.92 Å². The topological polar surface area (TPSA) is 52.6 Å². The van der Waals surface area contributed by atoms with Crippen molar-refractivity contribution in [2.45, 2.75) is 6.92 Å². The van der Waals surface area contributed by atoms with Crippen molar-refractivity contribution < 1.29 is 16.8 Å². The Morgan fingerprint density at radius 3 is 2.38 bits per heavy atom. The Hall–Kier alpha value is -1.07. The Morgan fingerprint density at radius 2 is 1.85 bits per heavy atom. The summed E-state index contributed by atoms with van der Waals surface area (Å²) in [5.74, 6) is 0.282. The summed E-state index contributed by atoms with van der Waals surface area (Å²) in [5.41, 5.74) is 0.739. The van der Waals surface area contributed by atoms with E-state index >= 15 is 0 Å². The van der Waals surface area contributed by atoms with Crippen LogP contribution in [0.3, 0.4) is 0 Å². The highest BCUT2D eigenvalue weighted by Gasteiger charge is 2.11. The second-order valence-electron chi connectivity index (χ2n) is 2.42. The highest BCUT2D eigenvalue weighted by Crippen LogP contribution is 2.18. The predicted octanol–water partition coefficient (Wildman–Crippen LogP) is 1.27. The van der Waals surface area contributed by atoms with Crippen LogP contribution in [-0.2, 0) is 14.6 Å². The molecule has 0 unspecified atom stereocenters. The summed E-state index contributed by atoms with van der Waals surface area (Å²) in [6.07, 6.45) is 0. The maximum absolute atomic E-state index is 10.9. The van der Waals surface area contributed by atoms with Gasteiger partial charge in [0.15, 0.2) is 0 Å². The molecule has 0 N–H and O–H groups in total. The number of rotatable bonds is 3. The fourth-order valence-electron chi connectivity index (χ4n) is 0.794. The van der Waals surface area contributed by atoms with E-state index in [1.165, 1.54) is 0 Å². The first-order chi connectivity index (χ1) is 6.05. The molecule has 0 aliphatic rings. The molecule has 72 valence electrons.